The van der Waals surface area contributed by atoms with Gasteiger partial charge in [-0.05, 0) is 20.4 Å². The molecular formula is C11H24N2O2. The zero-order valence-electron chi connectivity index (χ0n) is 10.3. The van der Waals surface area contributed by atoms with Crippen LogP contribution in [0, 0.1) is 5.92 Å². The molecule has 0 radical (unpaired) electrons. The SMILES string of the molecule is CCNCC(C)C(=O)NC(C)COCC. The maximum absolute atomic E-state index is 11.6. The molecule has 0 rings (SSSR count). The molecule has 90 valence electrons. The maximum Gasteiger partial charge on any atom is 0.224 e. The highest BCUT2D eigenvalue weighted by molar-refractivity contribution is 5.78. The average Bonchev–Trinajstić information content (AvgIpc) is 2.22. The van der Waals surface area contributed by atoms with E-state index in [-0.39, 0.29) is 17.9 Å². The lowest BCUT2D eigenvalue weighted by atomic mass is 10.1. The summed E-state index contributed by atoms with van der Waals surface area (Å²) in [4.78, 5) is 11.6. The van der Waals surface area contributed by atoms with Crippen molar-refractivity contribution in [3.05, 3.63) is 0 Å². The van der Waals surface area contributed by atoms with Crippen LogP contribution in [-0.4, -0.2) is 38.3 Å². The van der Waals surface area contributed by atoms with E-state index in [0.29, 0.717) is 13.2 Å². The number of ether oxygens (including phenoxy) is 1. The van der Waals surface area contributed by atoms with Crippen LogP contribution in [0.3, 0.4) is 0 Å². The van der Waals surface area contributed by atoms with Gasteiger partial charge in [0.15, 0.2) is 0 Å². The van der Waals surface area contributed by atoms with Crippen molar-refractivity contribution in [2.75, 3.05) is 26.3 Å². The lowest BCUT2D eigenvalue weighted by Crippen LogP contribution is -2.41. The van der Waals surface area contributed by atoms with E-state index in [4.69, 9.17) is 4.74 Å². The second-order valence-electron chi connectivity index (χ2n) is 3.78. The molecule has 0 aromatic rings. The Morgan fingerprint density at radius 2 is 2.00 bits per heavy atom. The standard InChI is InChI=1S/C11H24N2O2/c1-5-12-7-9(3)11(14)13-10(4)8-15-6-2/h9-10,12H,5-8H2,1-4H3,(H,13,14). The van der Waals surface area contributed by atoms with Crippen molar-refractivity contribution in [1.29, 1.82) is 0 Å². The van der Waals surface area contributed by atoms with Gasteiger partial charge < -0.3 is 15.4 Å². The number of rotatable bonds is 8. The molecule has 0 aromatic heterocycles. The Bertz CT molecular complexity index is 174. The van der Waals surface area contributed by atoms with Crippen molar-refractivity contribution >= 4 is 5.91 Å². The van der Waals surface area contributed by atoms with Crippen LogP contribution in [0.4, 0.5) is 0 Å². The summed E-state index contributed by atoms with van der Waals surface area (Å²) in [5.41, 5.74) is 0. The zero-order chi connectivity index (χ0) is 11.7. The van der Waals surface area contributed by atoms with Crippen molar-refractivity contribution in [3.63, 3.8) is 0 Å². The predicted molar refractivity (Wildman–Crippen MR) is 61.8 cm³/mol. The second-order valence-corrected chi connectivity index (χ2v) is 3.78. The van der Waals surface area contributed by atoms with Crippen LogP contribution in [0.1, 0.15) is 27.7 Å². The van der Waals surface area contributed by atoms with E-state index in [1.165, 1.54) is 0 Å². The van der Waals surface area contributed by atoms with E-state index in [9.17, 15) is 4.79 Å². The number of hydrogen-bond donors (Lipinski definition) is 2. The molecule has 0 aliphatic rings. The molecule has 0 saturated heterocycles. The molecule has 0 bridgehead atoms. The topological polar surface area (TPSA) is 50.4 Å². The van der Waals surface area contributed by atoms with Gasteiger partial charge in [0.1, 0.15) is 0 Å². The van der Waals surface area contributed by atoms with Gasteiger partial charge in [-0.1, -0.05) is 13.8 Å². The van der Waals surface area contributed by atoms with Crippen LogP contribution in [0.25, 0.3) is 0 Å². The minimum absolute atomic E-state index is 0.00836. The zero-order valence-corrected chi connectivity index (χ0v) is 10.3. The lowest BCUT2D eigenvalue weighted by Gasteiger charge is -2.17. The summed E-state index contributed by atoms with van der Waals surface area (Å²) in [7, 11) is 0. The second kappa shape index (κ2) is 8.68. The number of nitrogens with one attached hydrogen (secondary N) is 2. The Hall–Kier alpha value is -0.610. The van der Waals surface area contributed by atoms with E-state index in [1.807, 2.05) is 27.7 Å². The molecule has 0 aliphatic carbocycles. The fourth-order valence-electron chi connectivity index (χ4n) is 1.17. The molecule has 2 unspecified atom stereocenters. The van der Waals surface area contributed by atoms with Gasteiger partial charge in [0.05, 0.1) is 6.61 Å². The Balaban J connectivity index is 3.70. The first kappa shape index (κ1) is 14.4. The monoisotopic (exact) mass is 216 g/mol. The van der Waals surface area contributed by atoms with Gasteiger partial charge in [-0.15, -0.1) is 0 Å². The molecule has 4 heteroatoms. The molecule has 1 amide bonds. The first-order chi connectivity index (χ1) is 7.11. The molecular weight excluding hydrogens is 192 g/mol. The third kappa shape index (κ3) is 7.33. The molecule has 0 spiro atoms. The summed E-state index contributed by atoms with van der Waals surface area (Å²) < 4.78 is 5.23. The summed E-state index contributed by atoms with van der Waals surface area (Å²) >= 11 is 0. The third-order valence-electron chi connectivity index (χ3n) is 2.11. The normalized spacial score (nSPS) is 14.7. The largest absolute Gasteiger partial charge is 0.380 e. The summed E-state index contributed by atoms with van der Waals surface area (Å²) in [6, 6.07) is 0.0847. The molecule has 0 aromatic carbocycles. The van der Waals surface area contributed by atoms with E-state index in [1.54, 1.807) is 0 Å². The number of amides is 1. The van der Waals surface area contributed by atoms with Gasteiger partial charge in [0, 0.05) is 25.1 Å². The minimum Gasteiger partial charge on any atom is -0.380 e. The fraction of sp³-hybridized carbons (Fsp3) is 0.909. The van der Waals surface area contributed by atoms with E-state index in [0.717, 1.165) is 13.1 Å². The quantitative estimate of drug-likeness (QED) is 0.630. The van der Waals surface area contributed by atoms with Gasteiger partial charge in [0.25, 0.3) is 0 Å². The average molecular weight is 216 g/mol. The van der Waals surface area contributed by atoms with Crippen LogP contribution < -0.4 is 10.6 Å². The van der Waals surface area contributed by atoms with Gasteiger partial charge in [0.2, 0.25) is 5.91 Å². The van der Waals surface area contributed by atoms with E-state index < -0.39 is 0 Å². The fourth-order valence-corrected chi connectivity index (χ4v) is 1.17. The molecule has 0 aliphatic heterocycles. The van der Waals surface area contributed by atoms with Crippen molar-refractivity contribution in [1.82, 2.24) is 10.6 Å². The molecule has 4 nitrogen and oxygen atoms in total. The molecule has 0 saturated carbocycles. The van der Waals surface area contributed by atoms with Crippen molar-refractivity contribution in [2.24, 2.45) is 5.92 Å². The molecule has 0 heterocycles. The minimum atomic E-state index is 0.00836. The van der Waals surface area contributed by atoms with E-state index >= 15 is 0 Å². The lowest BCUT2D eigenvalue weighted by molar-refractivity contribution is -0.125. The highest BCUT2D eigenvalue weighted by atomic mass is 16.5. The predicted octanol–water partition coefficient (Wildman–Crippen LogP) is 0.773. The first-order valence-electron chi connectivity index (χ1n) is 5.70. The number of carbonyl (C=O) groups excluding carboxylic acids is 1. The van der Waals surface area contributed by atoms with Gasteiger partial charge in [-0.25, -0.2) is 0 Å². The summed E-state index contributed by atoms with van der Waals surface area (Å²) in [6.07, 6.45) is 0. The van der Waals surface area contributed by atoms with Crippen LogP contribution in [0.5, 0.6) is 0 Å². The summed E-state index contributed by atoms with van der Waals surface area (Å²) in [5, 5.41) is 6.07. The van der Waals surface area contributed by atoms with Gasteiger partial charge in [-0.2, -0.15) is 0 Å². The Morgan fingerprint density at radius 1 is 1.33 bits per heavy atom. The molecule has 2 N–H and O–H groups in total. The van der Waals surface area contributed by atoms with Gasteiger partial charge in [-0.3, -0.25) is 4.79 Å². The van der Waals surface area contributed by atoms with Crippen molar-refractivity contribution in [3.8, 4) is 0 Å². The Morgan fingerprint density at radius 3 is 2.53 bits per heavy atom. The Labute approximate surface area is 92.8 Å². The number of hydrogen-bond acceptors (Lipinski definition) is 3. The maximum atomic E-state index is 11.6. The smallest absolute Gasteiger partial charge is 0.224 e. The highest BCUT2D eigenvalue weighted by Gasteiger charge is 2.14. The summed E-state index contributed by atoms with van der Waals surface area (Å²) in [6.45, 7) is 10.7. The molecule has 2 atom stereocenters. The number of carbonyl (C=O) groups is 1. The van der Waals surface area contributed by atoms with Crippen LogP contribution in [0.2, 0.25) is 0 Å². The molecule has 0 fully saturated rings. The highest BCUT2D eigenvalue weighted by Crippen LogP contribution is 1.94. The van der Waals surface area contributed by atoms with Crippen LogP contribution in [0.15, 0.2) is 0 Å². The third-order valence-corrected chi connectivity index (χ3v) is 2.11. The summed E-state index contributed by atoms with van der Waals surface area (Å²) in [5.74, 6) is 0.0946. The van der Waals surface area contributed by atoms with E-state index in [2.05, 4.69) is 10.6 Å². The van der Waals surface area contributed by atoms with Crippen molar-refractivity contribution < 1.29 is 9.53 Å². The van der Waals surface area contributed by atoms with Crippen molar-refractivity contribution in [2.45, 2.75) is 33.7 Å². The van der Waals surface area contributed by atoms with Gasteiger partial charge >= 0.3 is 0 Å². The van der Waals surface area contributed by atoms with Crippen LogP contribution >= 0.6 is 0 Å². The Kier molecular flexibility index (Phi) is 8.33. The van der Waals surface area contributed by atoms with Crippen LogP contribution in [-0.2, 0) is 9.53 Å². The first-order valence-corrected chi connectivity index (χ1v) is 5.70. The molecule has 15 heavy (non-hydrogen) atoms.